The molecule has 3 rings (SSSR count). The van der Waals surface area contributed by atoms with Crippen molar-refractivity contribution in [3.05, 3.63) is 48.0 Å². The summed E-state index contributed by atoms with van der Waals surface area (Å²) in [7, 11) is -6.09. The summed E-state index contributed by atoms with van der Waals surface area (Å²) in [5.74, 6) is 0.880. The highest BCUT2D eigenvalue weighted by Crippen LogP contribution is 2.28. The normalized spacial score (nSPS) is 24.7. The van der Waals surface area contributed by atoms with E-state index in [1.807, 2.05) is 0 Å². The largest absolute Gasteiger partial charge is 0.741 e. The van der Waals surface area contributed by atoms with Gasteiger partial charge in [-0.25, -0.2) is 8.42 Å². The Labute approximate surface area is 169 Å². The number of nitrogens with zero attached hydrogens (tertiary/aromatic N) is 1. The highest BCUT2D eigenvalue weighted by molar-refractivity contribution is 7.86. The Bertz CT molecular complexity index is 839. The van der Waals surface area contributed by atoms with E-state index < -0.39 is 15.6 Å². The first kappa shape index (κ1) is 23.2. The van der Waals surface area contributed by atoms with Crippen molar-refractivity contribution in [2.75, 3.05) is 0 Å². The van der Waals surface area contributed by atoms with Gasteiger partial charge in [0.05, 0.1) is 18.1 Å². The van der Waals surface area contributed by atoms with Crippen LogP contribution in [0.2, 0.25) is 0 Å². The summed E-state index contributed by atoms with van der Waals surface area (Å²) in [5.41, 5.74) is 2.08. The van der Waals surface area contributed by atoms with Crippen molar-refractivity contribution in [2.45, 2.75) is 62.7 Å². The smallest absolute Gasteiger partial charge is 0.485 e. The topological polar surface area (TPSA) is 98.3 Å². The van der Waals surface area contributed by atoms with Gasteiger partial charge in [-0.15, -0.1) is 0 Å². The number of allylic oxidation sites excluding steroid dienone is 1. The number of guanidine groups is 1. The quantitative estimate of drug-likeness (QED) is 0.329. The number of rotatable bonds is 4. The van der Waals surface area contributed by atoms with Gasteiger partial charge in [-0.1, -0.05) is 42.5 Å². The van der Waals surface area contributed by atoms with Crippen molar-refractivity contribution < 1.29 is 30.7 Å². The molecular formula is C19H26F3N3O3S. The van der Waals surface area contributed by atoms with Crippen molar-refractivity contribution in [2.24, 2.45) is 5.73 Å². The second kappa shape index (κ2) is 9.62. The van der Waals surface area contributed by atoms with Crippen molar-refractivity contribution in [1.29, 1.82) is 0 Å². The van der Waals surface area contributed by atoms with Gasteiger partial charge in [0.1, 0.15) is 0 Å². The van der Waals surface area contributed by atoms with Gasteiger partial charge in [-0.05, 0) is 38.2 Å². The molecule has 1 fully saturated rings. The van der Waals surface area contributed by atoms with E-state index in [0.717, 1.165) is 12.4 Å². The molecule has 2 aliphatic heterocycles. The van der Waals surface area contributed by atoms with Gasteiger partial charge in [0.15, 0.2) is 10.1 Å². The van der Waals surface area contributed by atoms with Crippen LogP contribution in [0.4, 0.5) is 13.2 Å². The Morgan fingerprint density at radius 1 is 1.28 bits per heavy atom. The fourth-order valence-electron chi connectivity index (χ4n) is 3.82. The van der Waals surface area contributed by atoms with Gasteiger partial charge in [-0.2, -0.15) is 13.2 Å². The maximum atomic E-state index is 10.7. The number of nitrogens with one attached hydrogen (secondary N) is 1. The molecule has 6 nitrogen and oxygen atoms in total. The Kier molecular flexibility index (Phi) is 7.70. The van der Waals surface area contributed by atoms with Crippen LogP contribution in [0, 0.1) is 0 Å². The van der Waals surface area contributed by atoms with Gasteiger partial charge in [0, 0.05) is 6.42 Å². The van der Waals surface area contributed by atoms with Gasteiger partial charge in [-0.3, -0.25) is 15.6 Å². The predicted molar refractivity (Wildman–Crippen MR) is 103 cm³/mol. The van der Waals surface area contributed by atoms with E-state index in [1.165, 1.54) is 31.2 Å². The van der Waals surface area contributed by atoms with E-state index in [0.29, 0.717) is 18.1 Å². The number of nitrogens with two attached hydrogens (primary N) is 1. The molecule has 0 spiro atoms. The van der Waals surface area contributed by atoms with Gasteiger partial charge < -0.3 is 4.55 Å². The molecule has 0 radical (unpaired) electrons. The minimum Gasteiger partial charge on any atom is -0.741 e. The van der Waals surface area contributed by atoms with Gasteiger partial charge >= 0.3 is 11.5 Å². The molecule has 10 heteroatoms. The summed E-state index contributed by atoms with van der Waals surface area (Å²) in [6.45, 7) is 2.07. The Hall–Kier alpha value is -2.07. The van der Waals surface area contributed by atoms with Crippen molar-refractivity contribution >= 4 is 16.1 Å². The number of benzene rings is 1. The molecule has 0 bridgehead atoms. The van der Waals surface area contributed by atoms with Crippen molar-refractivity contribution in [3.8, 4) is 0 Å². The minimum atomic E-state index is -6.09. The second-order valence-corrected chi connectivity index (χ2v) is 8.49. The highest BCUT2D eigenvalue weighted by atomic mass is 32.2. The standard InChI is InChI=1S/C18H25N3.CHF3O3S/c1-2-6-15-13-17-12-11-16(21(17)18(19)20-15)10-9-14-7-4-3-5-8-14;2-1(3,4)8(5,6)7/h2-8,15-17H,9-13H2,1H3,(H2,19,20);(H,5,6,7)/b6-2+;/t15-,16-,17+;/m0./s1. The summed E-state index contributed by atoms with van der Waals surface area (Å²) in [5, 5.41) is 3.45. The Balaban J connectivity index is 0.000000321. The SMILES string of the molecule is C/C=C/[C@H]1C[C@H]2CC[C@H](CCc3ccccc3)[N+]2=C(N)N1.O=S(=O)([O-])C(F)(F)F. The van der Waals surface area contributed by atoms with E-state index >= 15 is 0 Å². The first-order chi connectivity index (χ1) is 13.5. The maximum absolute atomic E-state index is 10.7. The zero-order valence-corrected chi connectivity index (χ0v) is 16.9. The molecular weight excluding hydrogens is 407 g/mol. The first-order valence-electron chi connectivity index (χ1n) is 9.39. The molecule has 1 aromatic rings. The molecule has 1 aromatic carbocycles. The van der Waals surface area contributed by atoms with Crippen LogP contribution in [0.5, 0.6) is 0 Å². The van der Waals surface area contributed by atoms with Crippen LogP contribution in [0.25, 0.3) is 0 Å². The predicted octanol–water partition coefficient (Wildman–Crippen LogP) is 2.47. The molecule has 0 unspecified atom stereocenters. The Morgan fingerprint density at radius 3 is 2.45 bits per heavy atom. The molecule has 0 amide bonds. The number of hydrogen-bond acceptors (Lipinski definition) is 5. The van der Waals surface area contributed by atoms with Crippen LogP contribution in [-0.2, 0) is 16.5 Å². The van der Waals surface area contributed by atoms with Gasteiger partial charge in [0.25, 0.3) is 0 Å². The molecule has 1 saturated heterocycles. The summed E-state index contributed by atoms with van der Waals surface area (Å²) in [4.78, 5) is 0. The fraction of sp³-hybridized carbons (Fsp3) is 0.526. The van der Waals surface area contributed by atoms with Crippen molar-refractivity contribution in [1.82, 2.24) is 5.32 Å². The molecule has 3 atom stereocenters. The molecule has 0 aromatic heterocycles. The van der Waals surface area contributed by atoms with Crippen LogP contribution in [-0.4, -0.2) is 47.1 Å². The lowest BCUT2D eigenvalue weighted by atomic mass is 10.0. The first-order valence-corrected chi connectivity index (χ1v) is 10.8. The average Bonchev–Trinajstić information content (AvgIpc) is 3.03. The zero-order valence-electron chi connectivity index (χ0n) is 16.1. The molecule has 162 valence electrons. The third-order valence-corrected chi connectivity index (χ3v) is 5.64. The number of aryl methyl sites for hydroxylation is 1. The molecule has 3 N–H and O–H groups in total. The summed E-state index contributed by atoms with van der Waals surface area (Å²) >= 11 is 0. The molecule has 0 saturated carbocycles. The summed E-state index contributed by atoms with van der Waals surface area (Å²) < 4.78 is 61.4. The third-order valence-electron chi connectivity index (χ3n) is 5.07. The maximum Gasteiger partial charge on any atom is 0.485 e. The van der Waals surface area contributed by atoms with E-state index in [9.17, 15) is 13.2 Å². The fourth-order valence-corrected chi connectivity index (χ4v) is 3.82. The van der Waals surface area contributed by atoms with Crippen LogP contribution in [0.3, 0.4) is 0 Å². The number of halogens is 3. The Morgan fingerprint density at radius 2 is 1.90 bits per heavy atom. The lowest BCUT2D eigenvalue weighted by molar-refractivity contribution is -0.587. The number of hydrogen-bond donors (Lipinski definition) is 2. The van der Waals surface area contributed by atoms with Crippen LogP contribution >= 0.6 is 0 Å². The van der Waals surface area contributed by atoms with E-state index in [4.69, 9.17) is 18.7 Å². The lowest BCUT2D eigenvalue weighted by Gasteiger charge is -2.27. The monoisotopic (exact) mass is 433 g/mol. The third kappa shape index (κ3) is 6.46. The number of fused-ring (bicyclic) bond motifs is 1. The highest BCUT2D eigenvalue weighted by Gasteiger charge is 2.39. The van der Waals surface area contributed by atoms with E-state index in [2.05, 4.69) is 59.3 Å². The van der Waals surface area contributed by atoms with E-state index in [1.54, 1.807) is 0 Å². The summed E-state index contributed by atoms with van der Waals surface area (Å²) in [6.07, 6.45) is 10.4. The van der Waals surface area contributed by atoms with Crippen LogP contribution in [0.15, 0.2) is 42.5 Å². The second-order valence-electron chi connectivity index (χ2n) is 7.11. The number of alkyl halides is 3. The minimum absolute atomic E-state index is 0.407. The van der Waals surface area contributed by atoms with Crippen LogP contribution < -0.4 is 11.1 Å². The molecule has 0 aliphatic carbocycles. The van der Waals surface area contributed by atoms with Crippen LogP contribution in [0.1, 0.15) is 38.2 Å². The summed E-state index contributed by atoms with van der Waals surface area (Å²) in [6, 6.07) is 12.4. The lowest BCUT2D eigenvalue weighted by Crippen LogP contribution is -2.54. The van der Waals surface area contributed by atoms with E-state index in [-0.39, 0.29) is 0 Å². The zero-order chi connectivity index (χ0) is 21.7. The molecule has 2 heterocycles. The average molecular weight is 433 g/mol. The van der Waals surface area contributed by atoms with Crippen molar-refractivity contribution in [3.63, 3.8) is 0 Å². The van der Waals surface area contributed by atoms with Gasteiger partial charge in [0.2, 0.25) is 0 Å². The molecule has 2 aliphatic rings. The molecule has 29 heavy (non-hydrogen) atoms.